The molecule has 0 aromatic heterocycles. The molecule has 0 aliphatic heterocycles. The monoisotopic (exact) mass is 235 g/mol. The van der Waals surface area contributed by atoms with Gasteiger partial charge in [-0.25, -0.2) is 4.39 Å². The lowest BCUT2D eigenvalue weighted by atomic mass is 9.88. The molecule has 1 aromatic rings. The standard InChI is InChI=1S/C15H22FN/c16-15(12-7-3-1-2-4-8-12)14-10-6-5-9-13(14)11-17/h5-6,9-10,12,15H,1-4,7-8,11,17H2. The number of nitrogens with two attached hydrogens (primary N) is 1. The fraction of sp³-hybridized carbons (Fsp3) is 0.600. The lowest BCUT2D eigenvalue weighted by Crippen LogP contribution is -2.11. The van der Waals surface area contributed by atoms with Gasteiger partial charge in [-0.1, -0.05) is 49.9 Å². The first-order valence-electron chi connectivity index (χ1n) is 6.75. The van der Waals surface area contributed by atoms with Gasteiger partial charge in [0.05, 0.1) is 0 Å². The second-order valence-corrected chi connectivity index (χ2v) is 5.06. The minimum atomic E-state index is -0.826. The Hall–Kier alpha value is -0.890. The summed E-state index contributed by atoms with van der Waals surface area (Å²) in [7, 11) is 0. The molecule has 0 amide bonds. The summed E-state index contributed by atoms with van der Waals surface area (Å²) in [4.78, 5) is 0. The van der Waals surface area contributed by atoms with Gasteiger partial charge in [-0.05, 0) is 29.9 Å². The average molecular weight is 235 g/mol. The van der Waals surface area contributed by atoms with E-state index in [-0.39, 0.29) is 5.92 Å². The zero-order valence-electron chi connectivity index (χ0n) is 10.4. The van der Waals surface area contributed by atoms with Crippen molar-refractivity contribution in [1.29, 1.82) is 0 Å². The van der Waals surface area contributed by atoms with Crippen LogP contribution in [0.1, 0.15) is 55.8 Å². The molecule has 0 bridgehead atoms. The molecule has 17 heavy (non-hydrogen) atoms. The second kappa shape index (κ2) is 6.15. The quantitative estimate of drug-likeness (QED) is 0.783. The summed E-state index contributed by atoms with van der Waals surface area (Å²) in [6.07, 6.45) is 6.11. The lowest BCUT2D eigenvalue weighted by Gasteiger charge is -2.21. The molecule has 1 saturated carbocycles. The average Bonchev–Trinajstić information content (AvgIpc) is 2.66. The van der Waals surface area contributed by atoms with Crippen molar-refractivity contribution in [3.63, 3.8) is 0 Å². The van der Waals surface area contributed by atoms with Crippen LogP contribution in [-0.4, -0.2) is 0 Å². The molecule has 0 saturated heterocycles. The molecule has 1 fully saturated rings. The van der Waals surface area contributed by atoms with Crippen LogP contribution in [0, 0.1) is 5.92 Å². The number of benzene rings is 1. The van der Waals surface area contributed by atoms with Crippen molar-refractivity contribution >= 4 is 0 Å². The van der Waals surface area contributed by atoms with Gasteiger partial charge in [0.25, 0.3) is 0 Å². The van der Waals surface area contributed by atoms with E-state index in [4.69, 9.17) is 5.73 Å². The number of rotatable bonds is 3. The van der Waals surface area contributed by atoms with Gasteiger partial charge >= 0.3 is 0 Å². The highest BCUT2D eigenvalue weighted by Crippen LogP contribution is 2.37. The van der Waals surface area contributed by atoms with E-state index in [1.807, 2.05) is 24.3 Å². The summed E-state index contributed by atoms with van der Waals surface area (Å²) in [5.74, 6) is 0.199. The Morgan fingerprint density at radius 2 is 1.76 bits per heavy atom. The third-order valence-electron chi connectivity index (χ3n) is 3.89. The third-order valence-corrected chi connectivity index (χ3v) is 3.89. The normalized spacial score (nSPS) is 19.9. The molecule has 94 valence electrons. The molecule has 1 nitrogen and oxygen atoms in total. The van der Waals surface area contributed by atoms with Crippen molar-refractivity contribution in [1.82, 2.24) is 0 Å². The Kier molecular flexibility index (Phi) is 4.55. The molecule has 2 rings (SSSR count). The minimum absolute atomic E-state index is 0.199. The van der Waals surface area contributed by atoms with E-state index >= 15 is 0 Å². The Morgan fingerprint density at radius 3 is 2.41 bits per heavy atom. The van der Waals surface area contributed by atoms with Gasteiger partial charge in [-0.15, -0.1) is 0 Å². The van der Waals surface area contributed by atoms with E-state index < -0.39 is 6.17 Å². The summed E-state index contributed by atoms with van der Waals surface area (Å²) >= 11 is 0. The van der Waals surface area contributed by atoms with Crippen molar-refractivity contribution in [3.8, 4) is 0 Å². The summed E-state index contributed by atoms with van der Waals surface area (Å²) in [5.41, 5.74) is 7.47. The smallest absolute Gasteiger partial charge is 0.128 e. The predicted molar refractivity (Wildman–Crippen MR) is 69.4 cm³/mol. The first-order chi connectivity index (χ1) is 8.33. The van der Waals surface area contributed by atoms with E-state index in [0.29, 0.717) is 6.54 Å². The van der Waals surface area contributed by atoms with Crippen LogP contribution in [0.4, 0.5) is 4.39 Å². The van der Waals surface area contributed by atoms with E-state index in [9.17, 15) is 4.39 Å². The van der Waals surface area contributed by atoms with Crippen LogP contribution in [-0.2, 0) is 6.54 Å². The Bertz CT molecular complexity index is 343. The third kappa shape index (κ3) is 3.06. The van der Waals surface area contributed by atoms with Gasteiger partial charge in [-0.2, -0.15) is 0 Å². The van der Waals surface area contributed by atoms with Crippen LogP contribution in [0.3, 0.4) is 0 Å². The molecule has 2 N–H and O–H groups in total. The largest absolute Gasteiger partial charge is 0.326 e. The highest BCUT2D eigenvalue weighted by Gasteiger charge is 2.25. The van der Waals surface area contributed by atoms with Gasteiger partial charge in [-0.3, -0.25) is 0 Å². The topological polar surface area (TPSA) is 26.0 Å². The zero-order chi connectivity index (χ0) is 12.1. The highest BCUT2D eigenvalue weighted by atomic mass is 19.1. The van der Waals surface area contributed by atoms with Gasteiger partial charge in [0, 0.05) is 6.54 Å². The van der Waals surface area contributed by atoms with Crippen LogP contribution in [0.5, 0.6) is 0 Å². The summed E-state index contributed by atoms with van der Waals surface area (Å²) < 4.78 is 14.6. The van der Waals surface area contributed by atoms with E-state index in [2.05, 4.69) is 0 Å². The molecule has 1 aliphatic rings. The van der Waals surface area contributed by atoms with Crippen molar-refractivity contribution in [3.05, 3.63) is 35.4 Å². The van der Waals surface area contributed by atoms with Crippen molar-refractivity contribution in [2.24, 2.45) is 11.7 Å². The number of halogens is 1. The number of alkyl halides is 1. The molecule has 1 unspecified atom stereocenters. The van der Waals surface area contributed by atoms with Crippen molar-refractivity contribution in [2.45, 2.75) is 51.2 Å². The molecular weight excluding hydrogens is 213 g/mol. The molecule has 2 heteroatoms. The van der Waals surface area contributed by atoms with Crippen LogP contribution < -0.4 is 5.73 Å². The second-order valence-electron chi connectivity index (χ2n) is 5.06. The molecule has 0 spiro atoms. The van der Waals surface area contributed by atoms with Crippen LogP contribution >= 0.6 is 0 Å². The molecule has 1 aliphatic carbocycles. The maximum Gasteiger partial charge on any atom is 0.128 e. The van der Waals surface area contributed by atoms with Gasteiger partial charge < -0.3 is 5.73 Å². The fourth-order valence-corrected chi connectivity index (χ4v) is 2.85. The number of hydrogen-bond donors (Lipinski definition) is 1. The Morgan fingerprint density at radius 1 is 1.12 bits per heavy atom. The first-order valence-corrected chi connectivity index (χ1v) is 6.75. The first kappa shape index (κ1) is 12.6. The number of hydrogen-bond acceptors (Lipinski definition) is 1. The summed E-state index contributed by atoms with van der Waals surface area (Å²) in [5, 5.41) is 0. The Labute approximate surface area is 103 Å². The van der Waals surface area contributed by atoms with Gasteiger partial charge in [0.2, 0.25) is 0 Å². The SMILES string of the molecule is NCc1ccccc1C(F)C1CCCCCC1. The van der Waals surface area contributed by atoms with Gasteiger partial charge in [0.15, 0.2) is 0 Å². The summed E-state index contributed by atoms with van der Waals surface area (Å²) in [6.45, 7) is 0.434. The lowest BCUT2D eigenvalue weighted by molar-refractivity contribution is 0.210. The molecule has 1 aromatic carbocycles. The van der Waals surface area contributed by atoms with Crippen LogP contribution in [0.15, 0.2) is 24.3 Å². The summed E-state index contributed by atoms with van der Waals surface area (Å²) in [6, 6.07) is 7.69. The molecule has 1 atom stereocenters. The Balaban J connectivity index is 2.14. The van der Waals surface area contributed by atoms with Crippen LogP contribution in [0.25, 0.3) is 0 Å². The van der Waals surface area contributed by atoms with Crippen molar-refractivity contribution < 1.29 is 4.39 Å². The van der Waals surface area contributed by atoms with E-state index in [0.717, 1.165) is 24.0 Å². The minimum Gasteiger partial charge on any atom is -0.326 e. The maximum atomic E-state index is 14.6. The highest BCUT2D eigenvalue weighted by molar-refractivity contribution is 5.29. The van der Waals surface area contributed by atoms with E-state index in [1.54, 1.807) is 0 Å². The molecule has 0 radical (unpaired) electrons. The zero-order valence-corrected chi connectivity index (χ0v) is 10.4. The van der Waals surface area contributed by atoms with Crippen molar-refractivity contribution in [2.75, 3.05) is 0 Å². The van der Waals surface area contributed by atoms with E-state index in [1.165, 1.54) is 25.7 Å². The fourth-order valence-electron chi connectivity index (χ4n) is 2.85. The van der Waals surface area contributed by atoms with Gasteiger partial charge in [0.1, 0.15) is 6.17 Å². The molecular formula is C15H22FN. The molecule has 0 heterocycles. The maximum absolute atomic E-state index is 14.6. The predicted octanol–water partition coefficient (Wildman–Crippen LogP) is 4.13. The van der Waals surface area contributed by atoms with Crippen LogP contribution in [0.2, 0.25) is 0 Å².